The van der Waals surface area contributed by atoms with Crippen LogP contribution in [0.4, 0.5) is 0 Å². The van der Waals surface area contributed by atoms with Gasteiger partial charge in [-0.05, 0) is 26.9 Å². The minimum Gasteiger partial charge on any atom is -0.481 e. The van der Waals surface area contributed by atoms with Crippen LogP contribution in [0.5, 0.6) is 0 Å². The molecule has 3 heteroatoms. The third-order valence-electron chi connectivity index (χ3n) is 1.95. The monoisotopic (exact) mass is 203 g/mol. The number of hydrogen-bond acceptors (Lipinski definition) is 2. The van der Waals surface area contributed by atoms with Gasteiger partial charge in [-0.3, -0.25) is 4.79 Å². The van der Waals surface area contributed by atoms with Gasteiger partial charge < -0.3 is 10.4 Å². The fraction of sp³-hybridized carbons (Fsp3) is 0.909. The molecule has 1 fully saturated rings. The minimum atomic E-state index is -0.602. The molecule has 0 atom stereocenters. The molecule has 3 nitrogen and oxygen atoms in total. The number of nitrogens with one attached hydrogen (secondary N) is 1. The maximum absolute atomic E-state index is 10.4. The molecule has 0 radical (unpaired) electrons. The molecule has 0 heterocycles. The van der Waals surface area contributed by atoms with Crippen LogP contribution in [-0.2, 0) is 4.79 Å². The van der Waals surface area contributed by atoms with Crippen molar-refractivity contribution in [3.63, 3.8) is 0 Å². The van der Waals surface area contributed by atoms with Crippen LogP contribution in [0, 0.1) is 5.92 Å². The van der Waals surface area contributed by atoms with Crippen LogP contribution in [0.3, 0.4) is 0 Å². The summed E-state index contributed by atoms with van der Waals surface area (Å²) in [6, 6.07) is 0. The van der Waals surface area contributed by atoms with Gasteiger partial charge in [0.25, 0.3) is 0 Å². The fourth-order valence-electron chi connectivity index (χ4n) is 1.35. The SMILES string of the molecule is CC.CNC.O=C(O)C1CCCCC1. The summed E-state index contributed by atoms with van der Waals surface area (Å²) in [6.07, 6.45) is 5.24. The Kier molecular flexibility index (Phi) is 14.1. The van der Waals surface area contributed by atoms with Crippen molar-refractivity contribution in [1.29, 1.82) is 0 Å². The lowest BCUT2D eigenvalue weighted by Crippen LogP contribution is -2.16. The first-order valence-electron chi connectivity index (χ1n) is 5.53. The van der Waals surface area contributed by atoms with Gasteiger partial charge in [0, 0.05) is 0 Å². The predicted octanol–water partition coefficient (Wildman–Crippen LogP) is 2.51. The normalized spacial score (nSPS) is 15.7. The summed E-state index contributed by atoms with van der Waals surface area (Å²) in [5.41, 5.74) is 0. The Balaban J connectivity index is 0. The Morgan fingerprint density at radius 2 is 1.50 bits per heavy atom. The van der Waals surface area contributed by atoms with E-state index in [-0.39, 0.29) is 5.92 Å². The lowest BCUT2D eigenvalue weighted by molar-refractivity contribution is -0.142. The van der Waals surface area contributed by atoms with Gasteiger partial charge >= 0.3 is 5.97 Å². The number of hydrogen-bond donors (Lipinski definition) is 2. The van der Waals surface area contributed by atoms with Crippen molar-refractivity contribution in [1.82, 2.24) is 5.32 Å². The van der Waals surface area contributed by atoms with Crippen LogP contribution in [-0.4, -0.2) is 25.2 Å². The van der Waals surface area contributed by atoms with Crippen LogP contribution < -0.4 is 5.32 Å². The zero-order chi connectivity index (χ0) is 11.4. The summed E-state index contributed by atoms with van der Waals surface area (Å²) in [5.74, 6) is -0.631. The average Bonchev–Trinajstić information content (AvgIpc) is 2.23. The number of aliphatic carboxylic acids is 1. The average molecular weight is 203 g/mol. The standard InChI is InChI=1S/C7H12O2.C2H7N.C2H6/c8-7(9)6-4-2-1-3-5-6;1-3-2;1-2/h6H,1-5H2,(H,8,9);3H,1-2H3;1-2H3. The molecule has 86 valence electrons. The van der Waals surface area contributed by atoms with Gasteiger partial charge in [-0.2, -0.15) is 0 Å². The molecule has 1 saturated carbocycles. The summed E-state index contributed by atoms with van der Waals surface area (Å²) in [5, 5.41) is 11.3. The summed E-state index contributed by atoms with van der Waals surface area (Å²) >= 11 is 0. The molecule has 0 bridgehead atoms. The maximum Gasteiger partial charge on any atom is 0.306 e. The van der Waals surface area contributed by atoms with Gasteiger partial charge in [0.15, 0.2) is 0 Å². The fourth-order valence-corrected chi connectivity index (χ4v) is 1.35. The smallest absolute Gasteiger partial charge is 0.306 e. The Morgan fingerprint density at radius 1 is 1.14 bits per heavy atom. The quantitative estimate of drug-likeness (QED) is 0.688. The highest BCUT2D eigenvalue weighted by molar-refractivity contribution is 5.69. The van der Waals surface area contributed by atoms with Gasteiger partial charge in [-0.25, -0.2) is 0 Å². The second kappa shape index (κ2) is 12.4. The summed E-state index contributed by atoms with van der Waals surface area (Å²) in [4.78, 5) is 10.4. The second-order valence-corrected chi connectivity index (χ2v) is 3.17. The van der Waals surface area contributed by atoms with E-state index < -0.39 is 5.97 Å². The Morgan fingerprint density at radius 3 is 1.71 bits per heavy atom. The zero-order valence-electron chi connectivity index (χ0n) is 9.97. The molecule has 1 aliphatic carbocycles. The predicted molar refractivity (Wildman–Crippen MR) is 60.5 cm³/mol. The van der Waals surface area contributed by atoms with E-state index in [1.807, 2.05) is 27.9 Å². The van der Waals surface area contributed by atoms with Crippen molar-refractivity contribution >= 4 is 5.97 Å². The number of carboxylic acid groups (broad SMARTS) is 1. The maximum atomic E-state index is 10.4. The zero-order valence-corrected chi connectivity index (χ0v) is 9.97. The summed E-state index contributed by atoms with van der Waals surface area (Å²) < 4.78 is 0. The number of carboxylic acids is 1. The summed E-state index contributed by atoms with van der Waals surface area (Å²) in [7, 11) is 3.75. The largest absolute Gasteiger partial charge is 0.481 e. The molecule has 1 rings (SSSR count). The van der Waals surface area contributed by atoms with Crippen molar-refractivity contribution < 1.29 is 9.90 Å². The second-order valence-electron chi connectivity index (χ2n) is 3.17. The molecule has 0 unspecified atom stereocenters. The van der Waals surface area contributed by atoms with Crippen molar-refractivity contribution in [3.05, 3.63) is 0 Å². The molecule has 0 aliphatic heterocycles. The number of rotatable bonds is 1. The van der Waals surface area contributed by atoms with Crippen molar-refractivity contribution in [2.45, 2.75) is 46.0 Å². The topological polar surface area (TPSA) is 49.3 Å². The molecule has 0 aromatic carbocycles. The number of carbonyl (C=O) groups is 1. The van der Waals surface area contributed by atoms with Crippen molar-refractivity contribution in [2.24, 2.45) is 5.92 Å². The van der Waals surface area contributed by atoms with Crippen molar-refractivity contribution in [2.75, 3.05) is 14.1 Å². The molecule has 2 N–H and O–H groups in total. The highest BCUT2D eigenvalue weighted by Crippen LogP contribution is 2.23. The third-order valence-corrected chi connectivity index (χ3v) is 1.95. The van der Waals surface area contributed by atoms with E-state index in [0.29, 0.717) is 0 Å². The van der Waals surface area contributed by atoms with E-state index in [1.165, 1.54) is 6.42 Å². The highest BCUT2D eigenvalue weighted by Gasteiger charge is 2.19. The molecular formula is C11H25NO2. The first kappa shape index (κ1) is 15.9. The van der Waals surface area contributed by atoms with Gasteiger partial charge in [0.05, 0.1) is 5.92 Å². The Labute approximate surface area is 87.9 Å². The molecule has 0 amide bonds. The van der Waals surface area contributed by atoms with E-state index in [9.17, 15) is 4.79 Å². The van der Waals surface area contributed by atoms with Crippen LogP contribution in [0.25, 0.3) is 0 Å². The lowest BCUT2D eigenvalue weighted by Gasteiger charge is -2.16. The van der Waals surface area contributed by atoms with Crippen molar-refractivity contribution in [3.8, 4) is 0 Å². The van der Waals surface area contributed by atoms with Crippen LogP contribution in [0.15, 0.2) is 0 Å². The third kappa shape index (κ3) is 9.52. The molecule has 1 aliphatic rings. The minimum absolute atomic E-state index is 0.0289. The lowest BCUT2D eigenvalue weighted by atomic mass is 9.90. The first-order valence-corrected chi connectivity index (χ1v) is 5.53. The van der Waals surface area contributed by atoms with Gasteiger partial charge in [0.2, 0.25) is 0 Å². The molecule has 14 heavy (non-hydrogen) atoms. The Hall–Kier alpha value is -0.570. The van der Waals surface area contributed by atoms with E-state index in [2.05, 4.69) is 5.32 Å². The summed E-state index contributed by atoms with van der Waals surface area (Å²) in [6.45, 7) is 4.00. The highest BCUT2D eigenvalue weighted by atomic mass is 16.4. The van der Waals surface area contributed by atoms with Gasteiger partial charge in [0.1, 0.15) is 0 Å². The van der Waals surface area contributed by atoms with E-state index in [0.717, 1.165) is 25.7 Å². The molecule has 0 aromatic heterocycles. The Bertz CT molecular complexity index is 120. The first-order chi connectivity index (χ1) is 6.72. The van der Waals surface area contributed by atoms with Crippen LogP contribution in [0.2, 0.25) is 0 Å². The van der Waals surface area contributed by atoms with E-state index >= 15 is 0 Å². The van der Waals surface area contributed by atoms with Crippen LogP contribution in [0.1, 0.15) is 46.0 Å². The van der Waals surface area contributed by atoms with E-state index in [1.54, 1.807) is 0 Å². The van der Waals surface area contributed by atoms with E-state index in [4.69, 9.17) is 5.11 Å². The molecule has 0 spiro atoms. The molecule has 0 aromatic rings. The van der Waals surface area contributed by atoms with Gasteiger partial charge in [-0.15, -0.1) is 0 Å². The molecule has 0 saturated heterocycles. The van der Waals surface area contributed by atoms with Crippen LogP contribution >= 0.6 is 0 Å². The molecular weight excluding hydrogens is 178 g/mol. The van der Waals surface area contributed by atoms with Gasteiger partial charge in [-0.1, -0.05) is 33.1 Å².